The van der Waals surface area contributed by atoms with Gasteiger partial charge in [-0.1, -0.05) is 17.7 Å². The van der Waals surface area contributed by atoms with Gasteiger partial charge in [0.05, 0.1) is 6.04 Å². The number of aliphatic carboxylic acids is 1. The summed E-state index contributed by atoms with van der Waals surface area (Å²) < 4.78 is 0. The number of halogens is 1. The van der Waals surface area contributed by atoms with Crippen molar-refractivity contribution in [1.29, 1.82) is 0 Å². The first-order valence-electron chi connectivity index (χ1n) is 8.40. The molecule has 5 nitrogen and oxygen atoms in total. The molecule has 1 saturated heterocycles. The fourth-order valence-electron chi connectivity index (χ4n) is 3.16. The van der Waals surface area contributed by atoms with E-state index in [1.807, 2.05) is 26.0 Å². The second kappa shape index (κ2) is 8.49. The highest BCUT2D eigenvalue weighted by Crippen LogP contribution is 2.25. The highest BCUT2D eigenvalue weighted by molar-refractivity contribution is 6.31. The van der Waals surface area contributed by atoms with Gasteiger partial charge in [0.25, 0.3) is 0 Å². The van der Waals surface area contributed by atoms with E-state index in [1.54, 1.807) is 6.07 Å². The molecule has 0 radical (unpaired) electrons. The van der Waals surface area contributed by atoms with Crippen molar-refractivity contribution in [3.05, 3.63) is 28.8 Å². The van der Waals surface area contributed by atoms with Crippen molar-refractivity contribution in [3.63, 3.8) is 0 Å². The van der Waals surface area contributed by atoms with Gasteiger partial charge < -0.3 is 10.4 Å². The third-order valence-electron chi connectivity index (χ3n) is 4.77. The molecule has 1 aliphatic heterocycles. The average Bonchev–Trinajstić information content (AvgIpc) is 2.56. The molecule has 2 atom stereocenters. The highest BCUT2D eigenvalue weighted by Gasteiger charge is 2.27. The van der Waals surface area contributed by atoms with Gasteiger partial charge in [-0.05, 0) is 63.3 Å². The summed E-state index contributed by atoms with van der Waals surface area (Å²) >= 11 is 6.10. The van der Waals surface area contributed by atoms with Crippen molar-refractivity contribution in [2.24, 2.45) is 5.92 Å². The Morgan fingerprint density at radius 3 is 2.92 bits per heavy atom. The first-order valence-corrected chi connectivity index (χ1v) is 8.78. The van der Waals surface area contributed by atoms with E-state index in [4.69, 9.17) is 16.7 Å². The zero-order valence-electron chi connectivity index (χ0n) is 14.2. The van der Waals surface area contributed by atoms with E-state index in [2.05, 4.69) is 10.2 Å². The van der Waals surface area contributed by atoms with Crippen LogP contribution in [0.4, 0.5) is 5.69 Å². The second-order valence-electron chi connectivity index (χ2n) is 6.51. The number of piperidine rings is 1. The third kappa shape index (κ3) is 4.95. The summed E-state index contributed by atoms with van der Waals surface area (Å²) in [5.74, 6) is -0.466. The van der Waals surface area contributed by atoms with E-state index in [1.165, 1.54) is 0 Å². The predicted molar refractivity (Wildman–Crippen MR) is 95.4 cm³/mol. The van der Waals surface area contributed by atoms with E-state index < -0.39 is 5.97 Å². The van der Waals surface area contributed by atoms with E-state index >= 15 is 0 Å². The molecule has 1 fully saturated rings. The van der Waals surface area contributed by atoms with E-state index in [0.29, 0.717) is 17.4 Å². The lowest BCUT2D eigenvalue weighted by Crippen LogP contribution is -2.47. The summed E-state index contributed by atoms with van der Waals surface area (Å²) in [5, 5.41) is 12.4. The average molecular weight is 353 g/mol. The SMILES string of the molecule is Cc1c(Cl)cccc1NC(=O)C(C)N1CCCC(CCC(=O)O)C1. The van der Waals surface area contributed by atoms with Gasteiger partial charge in [0.15, 0.2) is 0 Å². The molecular weight excluding hydrogens is 328 g/mol. The van der Waals surface area contributed by atoms with E-state index in [-0.39, 0.29) is 18.4 Å². The monoisotopic (exact) mass is 352 g/mol. The summed E-state index contributed by atoms with van der Waals surface area (Å²) in [4.78, 5) is 25.4. The molecule has 2 rings (SSSR count). The van der Waals surface area contributed by atoms with Gasteiger partial charge in [-0.2, -0.15) is 0 Å². The number of hydrogen-bond acceptors (Lipinski definition) is 3. The number of hydrogen-bond donors (Lipinski definition) is 2. The number of likely N-dealkylation sites (tertiary alicyclic amines) is 1. The molecule has 1 aromatic carbocycles. The topological polar surface area (TPSA) is 69.6 Å². The molecule has 2 unspecified atom stereocenters. The minimum absolute atomic E-state index is 0.0562. The molecule has 0 spiro atoms. The van der Waals surface area contributed by atoms with Gasteiger partial charge in [-0.15, -0.1) is 0 Å². The molecule has 2 N–H and O–H groups in total. The molecule has 1 aliphatic rings. The number of carbonyl (C=O) groups is 2. The van der Waals surface area contributed by atoms with Crippen LogP contribution < -0.4 is 5.32 Å². The van der Waals surface area contributed by atoms with Crippen LogP contribution in [0.5, 0.6) is 0 Å². The molecule has 1 heterocycles. The molecule has 0 saturated carbocycles. The molecular formula is C18H25ClN2O3. The maximum Gasteiger partial charge on any atom is 0.303 e. The zero-order valence-corrected chi connectivity index (χ0v) is 15.0. The Morgan fingerprint density at radius 2 is 2.21 bits per heavy atom. The van der Waals surface area contributed by atoms with Crippen LogP contribution in [0.3, 0.4) is 0 Å². The summed E-state index contributed by atoms with van der Waals surface area (Å²) in [6.45, 7) is 5.42. The number of carboxylic acids is 1. The Kier molecular flexibility index (Phi) is 6.63. The smallest absolute Gasteiger partial charge is 0.303 e. The number of amides is 1. The maximum atomic E-state index is 12.6. The van der Waals surface area contributed by atoms with Crippen LogP contribution in [0.1, 0.15) is 38.2 Å². The van der Waals surface area contributed by atoms with Crippen molar-refractivity contribution in [2.45, 2.75) is 45.6 Å². The largest absolute Gasteiger partial charge is 0.481 e. The third-order valence-corrected chi connectivity index (χ3v) is 5.18. The lowest BCUT2D eigenvalue weighted by atomic mass is 9.92. The minimum Gasteiger partial charge on any atom is -0.481 e. The van der Waals surface area contributed by atoms with Crippen LogP contribution in [0.15, 0.2) is 18.2 Å². The van der Waals surface area contributed by atoms with E-state index in [0.717, 1.165) is 37.2 Å². The molecule has 0 aliphatic carbocycles. The van der Waals surface area contributed by atoms with Crippen LogP contribution in [0.2, 0.25) is 5.02 Å². The fraction of sp³-hybridized carbons (Fsp3) is 0.556. The molecule has 0 bridgehead atoms. The number of nitrogens with zero attached hydrogens (tertiary/aromatic N) is 1. The standard InChI is InChI=1S/C18H25ClN2O3/c1-12-15(19)6-3-7-16(12)20-18(24)13(2)21-10-4-5-14(11-21)8-9-17(22)23/h3,6-7,13-14H,4-5,8-11H2,1-2H3,(H,20,24)(H,22,23). The van der Waals surface area contributed by atoms with Crippen molar-refractivity contribution >= 4 is 29.2 Å². The lowest BCUT2D eigenvalue weighted by Gasteiger charge is -2.36. The van der Waals surface area contributed by atoms with Crippen molar-refractivity contribution in [2.75, 3.05) is 18.4 Å². The predicted octanol–water partition coefficient (Wildman–Crippen LogP) is 3.55. The quantitative estimate of drug-likeness (QED) is 0.821. The van der Waals surface area contributed by atoms with Crippen molar-refractivity contribution in [1.82, 2.24) is 4.90 Å². The summed E-state index contributed by atoms with van der Waals surface area (Å²) in [6.07, 6.45) is 2.90. The number of rotatable bonds is 6. The number of carbonyl (C=O) groups excluding carboxylic acids is 1. The molecule has 0 aromatic heterocycles. The maximum absolute atomic E-state index is 12.6. The zero-order chi connectivity index (χ0) is 17.7. The Labute approximate surface area is 148 Å². The lowest BCUT2D eigenvalue weighted by molar-refractivity contribution is -0.137. The summed E-state index contributed by atoms with van der Waals surface area (Å²) in [7, 11) is 0. The fourth-order valence-corrected chi connectivity index (χ4v) is 3.33. The van der Waals surface area contributed by atoms with Gasteiger partial charge in [0.2, 0.25) is 5.91 Å². The molecule has 132 valence electrons. The van der Waals surface area contributed by atoms with Crippen LogP contribution in [-0.2, 0) is 9.59 Å². The van der Waals surface area contributed by atoms with Crippen molar-refractivity contribution < 1.29 is 14.7 Å². The first-order chi connectivity index (χ1) is 11.4. The van der Waals surface area contributed by atoms with Crippen molar-refractivity contribution in [3.8, 4) is 0 Å². The van der Waals surface area contributed by atoms with Crippen LogP contribution in [-0.4, -0.2) is 41.0 Å². The molecule has 24 heavy (non-hydrogen) atoms. The Hall–Kier alpha value is -1.59. The Morgan fingerprint density at radius 1 is 1.46 bits per heavy atom. The van der Waals surface area contributed by atoms with Gasteiger partial charge in [0, 0.05) is 23.7 Å². The summed E-state index contributed by atoms with van der Waals surface area (Å²) in [6, 6.07) is 5.21. The number of anilines is 1. The first kappa shape index (κ1) is 18.7. The minimum atomic E-state index is -0.755. The van der Waals surface area contributed by atoms with Crippen LogP contribution in [0, 0.1) is 12.8 Å². The number of carboxylic acid groups (broad SMARTS) is 1. The van der Waals surface area contributed by atoms with Gasteiger partial charge in [-0.3, -0.25) is 14.5 Å². The molecule has 6 heteroatoms. The summed E-state index contributed by atoms with van der Waals surface area (Å²) in [5.41, 5.74) is 1.59. The molecule has 1 aromatic rings. The normalized spacial score (nSPS) is 19.7. The Bertz CT molecular complexity index is 606. The van der Waals surface area contributed by atoms with Crippen LogP contribution in [0.25, 0.3) is 0 Å². The highest BCUT2D eigenvalue weighted by atomic mass is 35.5. The van der Waals surface area contributed by atoms with Gasteiger partial charge >= 0.3 is 5.97 Å². The van der Waals surface area contributed by atoms with Crippen LogP contribution >= 0.6 is 11.6 Å². The Balaban J connectivity index is 1.94. The van der Waals surface area contributed by atoms with Gasteiger partial charge in [0.1, 0.15) is 0 Å². The van der Waals surface area contributed by atoms with E-state index in [9.17, 15) is 9.59 Å². The number of nitrogens with one attached hydrogen (secondary N) is 1. The second-order valence-corrected chi connectivity index (χ2v) is 6.92. The molecule has 1 amide bonds. The number of benzene rings is 1. The van der Waals surface area contributed by atoms with Gasteiger partial charge in [-0.25, -0.2) is 0 Å².